The number of aliphatic hydroxyl groups excluding tert-OH is 1. The van der Waals surface area contributed by atoms with Crippen LogP contribution in [0.2, 0.25) is 0 Å². The number of phosphoric acid groups is 1. The number of carbonyl (C=O) groups excluding carboxylic acids is 1. The summed E-state index contributed by atoms with van der Waals surface area (Å²) in [6.45, 7) is 4.68. The van der Waals surface area contributed by atoms with Crippen LogP contribution in [0.15, 0.2) is 146 Å². The molecule has 0 aromatic carbocycles. The molecule has 8 nitrogen and oxygen atoms in total. The first-order valence-electron chi connectivity index (χ1n) is 34.2. The zero-order chi connectivity index (χ0) is 61.2. The minimum atomic E-state index is -4.37. The van der Waals surface area contributed by atoms with Crippen molar-refractivity contribution < 1.29 is 32.9 Å². The molecule has 0 saturated heterocycles. The van der Waals surface area contributed by atoms with Gasteiger partial charge in [0.1, 0.15) is 13.2 Å². The fourth-order valence-corrected chi connectivity index (χ4v) is 10.0. The Morgan fingerprint density at radius 1 is 0.417 bits per heavy atom. The Morgan fingerprint density at radius 2 is 0.714 bits per heavy atom. The Bertz CT molecular complexity index is 1880. The molecule has 0 fully saturated rings. The first kappa shape index (κ1) is 80.4. The fourth-order valence-electron chi connectivity index (χ4n) is 9.28. The molecule has 0 spiro atoms. The number of hydrogen-bond acceptors (Lipinski definition) is 5. The van der Waals surface area contributed by atoms with Crippen molar-refractivity contribution in [3.05, 3.63) is 146 Å². The number of amides is 1. The summed E-state index contributed by atoms with van der Waals surface area (Å²) in [6, 6.07) is -0.877. The van der Waals surface area contributed by atoms with E-state index in [0.717, 1.165) is 109 Å². The van der Waals surface area contributed by atoms with Crippen LogP contribution in [0.25, 0.3) is 0 Å². The van der Waals surface area contributed by atoms with Gasteiger partial charge in [-0.1, -0.05) is 307 Å². The highest BCUT2D eigenvalue weighted by Gasteiger charge is 2.28. The predicted molar refractivity (Wildman–Crippen MR) is 368 cm³/mol. The number of nitrogens with one attached hydrogen (secondary N) is 1. The van der Waals surface area contributed by atoms with Crippen molar-refractivity contribution in [1.82, 2.24) is 5.32 Å². The van der Waals surface area contributed by atoms with Gasteiger partial charge in [0, 0.05) is 6.42 Å². The third-order valence-electron chi connectivity index (χ3n) is 14.6. The highest BCUT2D eigenvalue weighted by Crippen LogP contribution is 2.43. The van der Waals surface area contributed by atoms with E-state index in [4.69, 9.17) is 9.05 Å². The summed E-state index contributed by atoms with van der Waals surface area (Å²) in [5.41, 5.74) is 0. The Labute approximate surface area is 519 Å². The second-order valence-corrected chi connectivity index (χ2v) is 25.3. The van der Waals surface area contributed by atoms with Gasteiger partial charge in [-0.3, -0.25) is 13.8 Å². The molecule has 1 amide bonds. The SMILES string of the molecule is CC/C=C\C/C=C\C/C=C\C/C=C\C/C=C\C/C=C\C/C=C\C/C=C\C/C=C\C/C=C\C/C=C\CCCCCC(=O)NC(COP(=O)(O)OCC[N+](C)(C)C)C(O)/C=C/CCCCCCCCCCCCCCCCCCCCCCCCC. The highest BCUT2D eigenvalue weighted by atomic mass is 31.2. The van der Waals surface area contributed by atoms with Crippen molar-refractivity contribution in [2.24, 2.45) is 0 Å². The van der Waals surface area contributed by atoms with Crippen LogP contribution in [0, 0.1) is 0 Å². The van der Waals surface area contributed by atoms with Crippen molar-refractivity contribution in [3.63, 3.8) is 0 Å². The predicted octanol–water partition coefficient (Wildman–Crippen LogP) is 22.0. The largest absolute Gasteiger partial charge is 0.472 e. The summed E-state index contributed by atoms with van der Waals surface area (Å²) in [6.07, 6.45) is 98.4. The van der Waals surface area contributed by atoms with Crippen LogP contribution >= 0.6 is 7.82 Å². The van der Waals surface area contributed by atoms with E-state index < -0.39 is 20.0 Å². The fraction of sp³-hybridized carbons (Fsp3) is 0.667. The molecular formula is C75H130N2O6P+. The number of rotatable bonds is 61. The average Bonchev–Trinajstić information content (AvgIpc) is 3.56. The topological polar surface area (TPSA) is 105 Å². The van der Waals surface area contributed by atoms with Gasteiger partial charge in [0.25, 0.3) is 0 Å². The molecule has 0 rings (SSSR count). The zero-order valence-electron chi connectivity index (χ0n) is 54.8. The van der Waals surface area contributed by atoms with Gasteiger partial charge in [-0.05, 0) is 103 Å². The van der Waals surface area contributed by atoms with Crippen molar-refractivity contribution in [2.45, 2.75) is 283 Å². The van der Waals surface area contributed by atoms with Crippen molar-refractivity contribution in [3.8, 4) is 0 Å². The first-order valence-corrected chi connectivity index (χ1v) is 35.7. The monoisotopic (exact) mass is 1190 g/mol. The summed E-state index contributed by atoms with van der Waals surface area (Å²) < 4.78 is 23.8. The Hall–Kier alpha value is -3.62. The van der Waals surface area contributed by atoms with Crippen LogP contribution in [0.3, 0.4) is 0 Å². The van der Waals surface area contributed by atoms with Crippen molar-refractivity contribution in [2.75, 3.05) is 40.9 Å². The lowest BCUT2D eigenvalue weighted by Gasteiger charge is -2.25. The molecule has 0 aliphatic carbocycles. The maximum absolute atomic E-state index is 13.0. The van der Waals surface area contributed by atoms with E-state index in [1.165, 1.54) is 135 Å². The number of carbonyl (C=O) groups is 1. The molecule has 0 bridgehead atoms. The number of hydrogen-bond donors (Lipinski definition) is 3. The average molecular weight is 1190 g/mol. The Balaban J connectivity index is 4.25. The zero-order valence-corrected chi connectivity index (χ0v) is 55.7. The van der Waals surface area contributed by atoms with E-state index in [0.29, 0.717) is 23.9 Å². The number of unbranched alkanes of at least 4 members (excludes halogenated alkanes) is 26. The van der Waals surface area contributed by atoms with Gasteiger partial charge in [-0.15, -0.1) is 0 Å². The molecule has 0 saturated carbocycles. The van der Waals surface area contributed by atoms with Gasteiger partial charge in [0.15, 0.2) is 0 Å². The van der Waals surface area contributed by atoms with E-state index in [2.05, 4.69) is 153 Å². The van der Waals surface area contributed by atoms with Crippen LogP contribution in [0.5, 0.6) is 0 Å². The van der Waals surface area contributed by atoms with E-state index in [1.807, 2.05) is 27.2 Å². The number of aliphatic hydroxyl groups is 1. The molecule has 84 heavy (non-hydrogen) atoms. The summed E-state index contributed by atoms with van der Waals surface area (Å²) in [7, 11) is 1.53. The minimum Gasteiger partial charge on any atom is -0.387 e. The molecule has 3 unspecified atom stereocenters. The number of allylic oxidation sites excluding steroid dienone is 23. The number of nitrogens with zero attached hydrogens (tertiary/aromatic N) is 1. The summed E-state index contributed by atoms with van der Waals surface area (Å²) in [5.74, 6) is -0.212. The van der Waals surface area contributed by atoms with Gasteiger partial charge in [-0.25, -0.2) is 4.57 Å². The molecule has 0 aliphatic rings. The third-order valence-corrected chi connectivity index (χ3v) is 15.5. The van der Waals surface area contributed by atoms with Gasteiger partial charge >= 0.3 is 7.82 Å². The third kappa shape index (κ3) is 65.9. The van der Waals surface area contributed by atoms with Gasteiger partial charge in [-0.2, -0.15) is 0 Å². The molecule has 0 aliphatic heterocycles. The second-order valence-electron chi connectivity index (χ2n) is 23.8. The van der Waals surface area contributed by atoms with E-state index in [1.54, 1.807) is 6.08 Å². The van der Waals surface area contributed by atoms with Gasteiger partial charge in [0.05, 0.1) is 39.9 Å². The lowest BCUT2D eigenvalue weighted by molar-refractivity contribution is -0.870. The summed E-state index contributed by atoms with van der Waals surface area (Å²) in [5, 5.41) is 14.0. The van der Waals surface area contributed by atoms with Crippen LogP contribution in [-0.4, -0.2) is 73.4 Å². The highest BCUT2D eigenvalue weighted by molar-refractivity contribution is 7.47. The summed E-state index contributed by atoms with van der Waals surface area (Å²) >= 11 is 0. The number of quaternary nitrogens is 1. The van der Waals surface area contributed by atoms with Crippen LogP contribution in [-0.2, 0) is 18.4 Å². The Kier molecular flexibility index (Phi) is 61.1. The molecule has 0 heterocycles. The van der Waals surface area contributed by atoms with Gasteiger partial charge < -0.3 is 19.8 Å². The Morgan fingerprint density at radius 3 is 1.05 bits per heavy atom. The number of likely N-dealkylation sites (N-methyl/N-ethyl adjacent to an activating group) is 1. The smallest absolute Gasteiger partial charge is 0.387 e. The normalized spacial score (nSPS) is 14.6. The molecular weight excluding hydrogens is 1060 g/mol. The van der Waals surface area contributed by atoms with Crippen LogP contribution in [0.1, 0.15) is 271 Å². The molecule has 0 aromatic heterocycles. The summed E-state index contributed by atoms with van der Waals surface area (Å²) in [4.78, 5) is 23.4. The van der Waals surface area contributed by atoms with E-state index in [-0.39, 0.29) is 19.1 Å². The van der Waals surface area contributed by atoms with Crippen LogP contribution in [0.4, 0.5) is 0 Å². The van der Waals surface area contributed by atoms with Crippen molar-refractivity contribution in [1.29, 1.82) is 0 Å². The quantitative estimate of drug-likeness (QED) is 0.0243. The standard InChI is InChI=1S/C75H129N2O6P/c1-6-8-10-12-14-16-18-20-22-24-26-28-30-32-33-34-35-36-37-38-39-40-41-42-43-45-47-49-51-53-55-57-59-61-63-65-67-69-75(79)76-73(72-83-84(80,81)82-71-70-77(3,4)5)74(78)68-66-64-62-60-58-56-54-52-50-48-46-44-31-29-27-25-23-21-19-17-15-13-11-9-7-2/h8,10,14,16,20,22,26,28,32-33,35-36,38-39,41-42,45,47,51,53,57,59,66,68,73-74,78H,6-7,9,11-13,15,17-19,21,23-25,27,29-31,34,37,40,43-44,46,48-50,52,54-56,58,60-65,67,69-72H2,1-5H3,(H-,76,79,80,81)/p+1/b10-8-,16-14-,22-20-,28-26-,33-32-,36-35-,39-38-,42-41-,47-45-,53-51-,59-57-,68-66+. The number of phosphoric ester groups is 1. The van der Waals surface area contributed by atoms with E-state index in [9.17, 15) is 19.4 Å². The molecule has 3 atom stereocenters. The lowest BCUT2D eigenvalue weighted by Crippen LogP contribution is -2.45. The second kappa shape index (κ2) is 63.9. The van der Waals surface area contributed by atoms with Gasteiger partial charge in [0.2, 0.25) is 5.91 Å². The molecule has 0 aromatic rings. The van der Waals surface area contributed by atoms with Crippen LogP contribution < -0.4 is 5.32 Å². The maximum Gasteiger partial charge on any atom is 0.472 e. The first-order chi connectivity index (χ1) is 41.0. The maximum atomic E-state index is 13.0. The van der Waals surface area contributed by atoms with E-state index >= 15 is 0 Å². The van der Waals surface area contributed by atoms with Crippen molar-refractivity contribution >= 4 is 13.7 Å². The lowest BCUT2D eigenvalue weighted by atomic mass is 10.0. The molecule has 3 N–H and O–H groups in total. The molecule has 0 radical (unpaired) electrons. The minimum absolute atomic E-state index is 0.0472. The molecule has 480 valence electrons. The molecule has 9 heteroatoms.